The molecule has 0 N–H and O–H groups in total. The Morgan fingerprint density at radius 3 is 1.28 bits per heavy atom. The van der Waals surface area contributed by atoms with Crippen molar-refractivity contribution in [2.24, 2.45) is 0 Å². The Balaban J connectivity index is 0.000000278. The van der Waals surface area contributed by atoms with Gasteiger partial charge in [0.2, 0.25) is 11.8 Å². The minimum absolute atomic E-state index is 0.00289. The standard InChI is InChI=1S/2C41H40F5N3O3S/c2*1-27-6-15-36-34(22-27)37(50)23-39(53-26-31-4-3-5-35(42)40(31)43)49(36)25-38(51)48(33-16-18-47(19-17-33)20-21-52-2)24-28-7-9-29(10-8-28)30-11-13-32(14-12-30)41(44,45)46/h2*3-15,22-23,33H,16-21,24-26H2,1-2H3/i6D,15D,16D2,17D2,18D2,19D2,20D2,22D,23D,24D2,25D2,26D2,33D;6D,15D,16D2,17D2,18D2,19D2,20D2,22D,23D,24D2,25D2,33D. The fourth-order valence-electron chi connectivity index (χ4n) is 9.50. The summed E-state index contributed by atoms with van der Waals surface area (Å²) in [5.41, 5.74) is -15.5. The number of likely N-dealkylation sites (tertiary alicyclic amines) is 2. The van der Waals surface area contributed by atoms with Gasteiger partial charge < -0.3 is 38.2 Å². The van der Waals surface area contributed by atoms with Crippen molar-refractivity contribution in [3.05, 3.63) is 270 Å². The summed E-state index contributed by atoms with van der Waals surface area (Å²) in [5, 5.41) is -4.73. The number of pyridine rings is 2. The molecule has 556 valence electrons. The van der Waals surface area contributed by atoms with Crippen LogP contribution in [0.15, 0.2) is 201 Å². The fraction of sp³-hybridized carbons (Fsp3) is 0.317. The average Bonchev–Trinajstić information content (AvgIpc) is 0.654. The van der Waals surface area contributed by atoms with Gasteiger partial charge in [-0.05, 0) is 133 Å². The number of hydrogen-bond donors (Lipinski definition) is 0. The Bertz CT molecular complexity index is 6920. The van der Waals surface area contributed by atoms with Gasteiger partial charge in [0.15, 0.2) is 34.1 Å². The Morgan fingerprint density at radius 1 is 0.528 bits per heavy atom. The van der Waals surface area contributed by atoms with Crippen molar-refractivity contribution in [3.63, 3.8) is 0 Å². The summed E-state index contributed by atoms with van der Waals surface area (Å²) in [6.07, 6.45) is -28.2. The number of ether oxygens (including phenoxy) is 2. The van der Waals surface area contributed by atoms with Crippen LogP contribution < -0.4 is 10.9 Å². The van der Waals surface area contributed by atoms with E-state index in [4.69, 9.17) is 39.6 Å². The summed E-state index contributed by atoms with van der Waals surface area (Å²) in [5.74, 6) is -12.7. The molecule has 0 unspecified atom stereocenters. The second-order valence-corrected chi connectivity index (χ2v) is 23.7. The summed E-state index contributed by atoms with van der Waals surface area (Å²) in [7, 11) is 1.71. The van der Waals surface area contributed by atoms with Crippen LogP contribution in [0.2, 0.25) is 0 Å². The van der Waals surface area contributed by atoms with Gasteiger partial charge in [-0.2, -0.15) is 26.3 Å². The van der Waals surface area contributed by atoms with Crippen molar-refractivity contribution < 1.29 is 118 Å². The maximum atomic E-state index is 15.8. The number of fused-ring (bicyclic) bond motifs is 2. The van der Waals surface area contributed by atoms with Crippen LogP contribution in [0.1, 0.15) is 125 Å². The smallest absolute Gasteiger partial charge is 0.383 e. The zero-order chi connectivity index (χ0) is 111. The highest BCUT2D eigenvalue weighted by molar-refractivity contribution is 7.98. The average molecular weight is 1540 g/mol. The maximum absolute atomic E-state index is 15.8. The first-order valence-electron chi connectivity index (χ1n) is 50.6. The Labute approximate surface area is 672 Å². The summed E-state index contributed by atoms with van der Waals surface area (Å²) < 4.78 is 513. The lowest BCUT2D eigenvalue weighted by Crippen LogP contribution is -2.48. The van der Waals surface area contributed by atoms with Crippen LogP contribution in [0.3, 0.4) is 0 Å². The Hall–Kier alpha value is -9.04. The van der Waals surface area contributed by atoms with E-state index in [-0.39, 0.29) is 43.1 Å². The third kappa shape index (κ3) is 19.6. The number of methoxy groups -OCH3 is 2. The summed E-state index contributed by atoms with van der Waals surface area (Å²) >= 11 is -0.387. The first kappa shape index (κ1) is 41.3. The van der Waals surface area contributed by atoms with Gasteiger partial charge in [0.25, 0.3) is 0 Å². The molecule has 0 atom stereocenters. The number of aromatic nitrogens is 2. The third-order valence-corrected chi connectivity index (χ3v) is 16.5. The van der Waals surface area contributed by atoms with Crippen molar-refractivity contribution in [3.8, 4) is 22.3 Å². The molecule has 2 aliphatic rings. The highest BCUT2D eigenvalue weighted by Crippen LogP contribution is 2.36. The summed E-state index contributed by atoms with van der Waals surface area (Å²) in [6, 6.07) is -0.0422. The molecule has 0 saturated carbocycles. The molecule has 12 rings (SSSR count). The van der Waals surface area contributed by atoms with Crippen LogP contribution in [-0.4, -0.2) is 119 Å². The van der Waals surface area contributed by atoms with Crippen LogP contribution in [0, 0.1) is 37.1 Å². The summed E-state index contributed by atoms with van der Waals surface area (Å²) in [4.78, 5) is 56.7. The Morgan fingerprint density at radius 2 is 0.896 bits per heavy atom. The number of nitrogens with zero attached hydrogens (tertiary/aromatic N) is 6. The predicted octanol–water partition coefficient (Wildman–Crippen LogP) is 17.4. The molecule has 2 saturated heterocycles. The number of thioether (sulfide) groups is 2. The number of piperidine rings is 2. The van der Waals surface area contributed by atoms with Gasteiger partial charge in [0, 0.05) is 154 Å². The van der Waals surface area contributed by atoms with Crippen LogP contribution in [0.25, 0.3) is 44.1 Å². The SMILES string of the molecule is [2H]c1c(C)c([2H])c2c(=O)c([2H])c(SC([2H])([2H])c3cccc(F)c3F)n(C([2H])([2H])C(=O)N(C([2H])([2H])c3ccc(-c4ccc(C(F)(F)F)cc4)cc3)C3([2H])C([2H])([2H])C([2H])([2H])N(C([2H])([2H])COC)C([2H])([2H])C3([2H])[2H])c2c1[2H].[2H]c1c(C)c([2H])c2c(=O)c([2H])c(SCc3cccc(F)c3F)n(C([2H])([2H])C(=O)N(C([2H])([2H])c3ccc(-c4ccc(C(F)(F)F)cc4)cc3)C3([2H])C([2H])([2H])C([2H])([2H])N(C([2H])([2H])COC)C([2H])([2H])C3([2H])[2H])c2c1[2H]. The second-order valence-electron chi connectivity index (χ2n) is 22.0. The third-order valence-electron chi connectivity index (χ3n) is 14.7. The molecule has 0 radical (unpaired) electrons. The van der Waals surface area contributed by atoms with Crippen molar-refractivity contribution in [1.29, 1.82) is 0 Å². The van der Waals surface area contributed by atoms with Gasteiger partial charge in [-0.1, -0.05) is 120 Å². The molecule has 4 heterocycles. The number of carbonyl (C=O) groups is 2. The lowest BCUT2D eigenvalue weighted by Gasteiger charge is -2.39. The van der Waals surface area contributed by atoms with Crippen LogP contribution in [0.5, 0.6) is 0 Å². The molecule has 12 nitrogen and oxygen atoms in total. The number of benzene rings is 8. The van der Waals surface area contributed by atoms with E-state index in [0.29, 0.717) is 36.4 Å². The molecule has 2 aliphatic heterocycles. The van der Waals surface area contributed by atoms with E-state index in [9.17, 15) is 69.4 Å². The number of rotatable bonds is 24. The lowest BCUT2D eigenvalue weighted by atomic mass is 10.00. The van der Waals surface area contributed by atoms with Gasteiger partial charge in [-0.25, -0.2) is 17.6 Å². The molecule has 10 aromatic rings. The van der Waals surface area contributed by atoms with Crippen molar-refractivity contribution in [1.82, 2.24) is 28.7 Å². The van der Waals surface area contributed by atoms with E-state index in [1.54, 1.807) is 0 Å². The molecule has 0 aliphatic carbocycles. The minimum Gasteiger partial charge on any atom is -0.383 e. The molecular weight excluding hydrogens is 1420 g/mol. The molecule has 24 heteroatoms. The first-order chi connectivity index (χ1) is 66.2. The monoisotopic (exact) mass is 1540 g/mol. The fourth-order valence-corrected chi connectivity index (χ4v) is 11.2. The highest BCUT2D eigenvalue weighted by Gasteiger charge is 2.34. The van der Waals surface area contributed by atoms with E-state index in [1.807, 2.05) is 0 Å². The van der Waals surface area contributed by atoms with Crippen LogP contribution in [0.4, 0.5) is 43.9 Å². The van der Waals surface area contributed by atoms with E-state index in [1.165, 1.54) is 0 Å². The van der Waals surface area contributed by atoms with E-state index in [0.717, 1.165) is 125 Å². The number of carbonyl (C=O) groups excluding carboxylic acids is 2. The zero-order valence-electron chi connectivity index (χ0n) is 95.1. The molecule has 0 bridgehead atoms. The van der Waals surface area contributed by atoms with Crippen molar-refractivity contribution in [2.75, 3.05) is 66.4 Å². The summed E-state index contributed by atoms with van der Waals surface area (Å²) in [6.45, 7) is -42.5. The number of amides is 2. The topological polar surface area (TPSA) is 110 Å². The molecule has 2 amide bonds. The van der Waals surface area contributed by atoms with Crippen LogP contribution in [-0.2, 0) is 68.9 Å². The largest absolute Gasteiger partial charge is 0.416 e. The number of hydrogen-bond acceptors (Lipinski definition) is 10. The van der Waals surface area contributed by atoms with Crippen LogP contribution >= 0.6 is 23.5 Å². The predicted molar refractivity (Wildman–Crippen MR) is 395 cm³/mol. The minimum atomic E-state index is -4.90. The Kier molecular flexibility index (Phi) is 13.7. The molecule has 106 heavy (non-hydrogen) atoms. The normalized spacial score (nSPS) is 25.0. The molecule has 2 aromatic heterocycles. The zero-order valence-corrected chi connectivity index (χ0v) is 56.7. The van der Waals surface area contributed by atoms with Gasteiger partial charge in [0.1, 0.15) is 13.0 Å². The molecular formula is C82H80F10N6O6S2. The number of alkyl halides is 6. The molecule has 0 spiro atoms. The van der Waals surface area contributed by atoms with E-state index < -0.39 is 342 Å². The quantitative estimate of drug-likeness (QED) is 0.0428. The van der Waals surface area contributed by atoms with Gasteiger partial charge in [0.05, 0.1) is 70.1 Å². The van der Waals surface area contributed by atoms with Gasteiger partial charge in [-0.3, -0.25) is 19.2 Å². The van der Waals surface area contributed by atoms with Crippen molar-refractivity contribution >= 4 is 57.1 Å². The van der Waals surface area contributed by atoms with Crippen molar-refractivity contribution in [2.45, 2.75) is 111 Å². The maximum Gasteiger partial charge on any atom is 0.416 e. The molecule has 8 aromatic carbocycles. The number of halogens is 10. The van der Waals surface area contributed by atoms with Gasteiger partial charge in [-0.15, -0.1) is 23.5 Å². The molecule has 2 fully saturated rings. The van der Waals surface area contributed by atoms with E-state index in [2.05, 4.69) is 0 Å². The lowest BCUT2D eigenvalue weighted by molar-refractivity contribution is -0.138. The second kappa shape index (κ2) is 35.1. The van der Waals surface area contributed by atoms with E-state index >= 15 is 18.4 Å². The first-order valence-corrected chi connectivity index (χ1v) is 32.4. The van der Waals surface area contributed by atoms with Gasteiger partial charge >= 0.3 is 12.4 Å². The highest BCUT2D eigenvalue weighted by atomic mass is 32.2.